The van der Waals surface area contributed by atoms with E-state index in [1.807, 2.05) is 0 Å². The SMILES string of the molecule is CCCCCC(=O)NCC(CC)(CC)CN. The normalized spacial score (nSPS) is 11.5. The van der Waals surface area contributed by atoms with Crippen molar-refractivity contribution in [1.82, 2.24) is 5.32 Å². The first-order chi connectivity index (χ1) is 7.64. The van der Waals surface area contributed by atoms with Crippen LogP contribution in [0.2, 0.25) is 0 Å². The van der Waals surface area contributed by atoms with Crippen LogP contribution in [-0.2, 0) is 4.79 Å². The maximum atomic E-state index is 11.6. The molecule has 96 valence electrons. The Morgan fingerprint density at radius 1 is 1.19 bits per heavy atom. The van der Waals surface area contributed by atoms with E-state index in [2.05, 4.69) is 26.1 Å². The van der Waals surface area contributed by atoms with Crippen molar-refractivity contribution in [3.05, 3.63) is 0 Å². The van der Waals surface area contributed by atoms with Crippen LogP contribution in [0.25, 0.3) is 0 Å². The van der Waals surface area contributed by atoms with Crippen molar-refractivity contribution in [3.63, 3.8) is 0 Å². The van der Waals surface area contributed by atoms with Gasteiger partial charge in [-0.1, -0.05) is 33.6 Å². The Hall–Kier alpha value is -0.570. The van der Waals surface area contributed by atoms with Gasteiger partial charge in [0.25, 0.3) is 0 Å². The molecule has 0 saturated carbocycles. The monoisotopic (exact) mass is 228 g/mol. The standard InChI is InChI=1S/C13H28N2O/c1-4-7-8-9-12(16)15-11-13(5-2,6-3)10-14/h4-11,14H2,1-3H3,(H,15,16). The molecule has 0 aliphatic carbocycles. The molecule has 16 heavy (non-hydrogen) atoms. The van der Waals surface area contributed by atoms with Crippen molar-refractivity contribution in [1.29, 1.82) is 0 Å². The highest BCUT2D eigenvalue weighted by molar-refractivity contribution is 5.75. The van der Waals surface area contributed by atoms with Crippen molar-refractivity contribution in [2.75, 3.05) is 13.1 Å². The summed E-state index contributed by atoms with van der Waals surface area (Å²) in [5.74, 6) is 0.174. The third-order valence-electron chi connectivity index (χ3n) is 3.60. The van der Waals surface area contributed by atoms with Gasteiger partial charge in [-0.25, -0.2) is 0 Å². The third-order valence-corrected chi connectivity index (χ3v) is 3.60. The highest BCUT2D eigenvalue weighted by atomic mass is 16.1. The van der Waals surface area contributed by atoms with Gasteiger partial charge in [-0.05, 0) is 31.2 Å². The van der Waals surface area contributed by atoms with Crippen LogP contribution >= 0.6 is 0 Å². The number of nitrogens with two attached hydrogens (primary N) is 1. The molecule has 0 unspecified atom stereocenters. The number of hydrogen-bond acceptors (Lipinski definition) is 2. The van der Waals surface area contributed by atoms with Gasteiger partial charge in [0.1, 0.15) is 0 Å². The van der Waals surface area contributed by atoms with E-state index in [-0.39, 0.29) is 11.3 Å². The van der Waals surface area contributed by atoms with E-state index in [9.17, 15) is 4.79 Å². The van der Waals surface area contributed by atoms with Crippen molar-refractivity contribution in [3.8, 4) is 0 Å². The molecule has 0 aromatic heterocycles. The number of carbonyl (C=O) groups is 1. The molecule has 0 saturated heterocycles. The van der Waals surface area contributed by atoms with Crippen LogP contribution in [0.3, 0.4) is 0 Å². The lowest BCUT2D eigenvalue weighted by Crippen LogP contribution is -2.41. The molecule has 0 fully saturated rings. The number of rotatable bonds is 9. The Balaban J connectivity index is 3.87. The molecule has 0 heterocycles. The minimum atomic E-state index is 0.0976. The summed E-state index contributed by atoms with van der Waals surface area (Å²) in [5.41, 5.74) is 5.88. The predicted octanol–water partition coefficient (Wildman–Crippen LogP) is 2.45. The minimum absolute atomic E-state index is 0.0976. The quantitative estimate of drug-likeness (QED) is 0.596. The van der Waals surface area contributed by atoms with Gasteiger partial charge < -0.3 is 11.1 Å². The minimum Gasteiger partial charge on any atom is -0.355 e. The molecule has 0 spiro atoms. The van der Waals surface area contributed by atoms with Crippen molar-refractivity contribution >= 4 is 5.91 Å². The molecule has 0 aliphatic rings. The Labute approximate surface area is 100 Å². The molecule has 0 bridgehead atoms. The van der Waals surface area contributed by atoms with Crippen LogP contribution < -0.4 is 11.1 Å². The fourth-order valence-electron chi connectivity index (χ4n) is 1.77. The lowest BCUT2D eigenvalue weighted by Gasteiger charge is -2.30. The molecule has 1 amide bonds. The maximum absolute atomic E-state index is 11.6. The van der Waals surface area contributed by atoms with E-state index in [1.54, 1.807) is 0 Å². The smallest absolute Gasteiger partial charge is 0.220 e. The van der Waals surface area contributed by atoms with E-state index < -0.39 is 0 Å². The number of carbonyl (C=O) groups excluding carboxylic acids is 1. The summed E-state index contributed by atoms with van der Waals surface area (Å²) in [4.78, 5) is 11.6. The van der Waals surface area contributed by atoms with E-state index in [4.69, 9.17) is 5.73 Å². The second-order valence-corrected chi connectivity index (χ2v) is 4.65. The van der Waals surface area contributed by atoms with Crippen LogP contribution in [0.15, 0.2) is 0 Å². The Morgan fingerprint density at radius 2 is 1.81 bits per heavy atom. The zero-order valence-electron chi connectivity index (χ0n) is 11.1. The van der Waals surface area contributed by atoms with E-state index in [0.29, 0.717) is 13.0 Å². The second kappa shape index (κ2) is 8.57. The highest BCUT2D eigenvalue weighted by Crippen LogP contribution is 2.23. The average molecular weight is 228 g/mol. The Kier molecular flexibility index (Phi) is 8.26. The van der Waals surface area contributed by atoms with Gasteiger partial charge in [-0.2, -0.15) is 0 Å². The molecule has 3 heteroatoms. The fourth-order valence-corrected chi connectivity index (χ4v) is 1.77. The molecule has 3 N–H and O–H groups in total. The highest BCUT2D eigenvalue weighted by Gasteiger charge is 2.24. The zero-order valence-corrected chi connectivity index (χ0v) is 11.1. The van der Waals surface area contributed by atoms with Crippen LogP contribution in [0.4, 0.5) is 0 Å². The molecule has 0 aromatic rings. The lowest BCUT2D eigenvalue weighted by atomic mass is 9.82. The summed E-state index contributed by atoms with van der Waals surface area (Å²) >= 11 is 0. The largest absolute Gasteiger partial charge is 0.355 e. The van der Waals surface area contributed by atoms with Crippen molar-refractivity contribution < 1.29 is 4.79 Å². The summed E-state index contributed by atoms with van der Waals surface area (Å²) < 4.78 is 0. The average Bonchev–Trinajstić information content (AvgIpc) is 2.32. The molecule has 0 aliphatic heterocycles. The molecule has 3 nitrogen and oxygen atoms in total. The summed E-state index contributed by atoms with van der Waals surface area (Å²) in [5, 5.41) is 3.02. The lowest BCUT2D eigenvalue weighted by molar-refractivity contribution is -0.121. The fraction of sp³-hybridized carbons (Fsp3) is 0.923. The van der Waals surface area contributed by atoms with Gasteiger partial charge in [-0.15, -0.1) is 0 Å². The summed E-state index contributed by atoms with van der Waals surface area (Å²) in [6, 6.07) is 0. The Bertz CT molecular complexity index is 180. The molecule has 0 atom stereocenters. The molecular weight excluding hydrogens is 200 g/mol. The molecule has 0 aromatic carbocycles. The summed E-state index contributed by atoms with van der Waals surface area (Å²) in [6.45, 7) is 7.79. The predicted molar refractivity (Wildman–Crippen MR) is 69.2 cm³/mol. The van der Waals surface area contributed by atoms with E-state index >= 15 is 0 Å². The van der Waals surface area contributed by atoms with E-state index in [0.717, 1.165) is 38.6 Å². The first-order valence-corrected chi connectivity index (χ1v) is 6.61. The summed E-state index contributed by atoms with van der Waals surface area (Å²) in [6.07, 6.45) is 5.99. The molecule has 0 rings (SSSR count). The van der Waals surface area contributed by atoms with Gasteiger partial charge in [0.15, 0.2) is 0 Å². The maximum Gasteiger partial charge on any atom is 0.220 e. The van der Waals surface area contributed by atoms with Gasteiger partial charge in [0, 0.05) is 13.0 Å². The van der Waals surface area contributed by atoms with Crippen molar-refractivity contribution in [2.24, 2.45) is 11.1 Å². The molecular formula is C13H28N2O. The second-order valence-electron chi connectivity index (χ2n) is 4.65. The first kappa shape index (κ1) is 15.4. The number of nitrogens with one attached hydrogen (secondary N) is 1. The van der Waals surface area contributed by atoms with Crippen LogP contribution in [0.1, 0.15) is 59.3 Å². The van der Waals surface area contributed by atoms with Gasteiger partial charge in [0.2, 0.25) is 5.91 Å². The number of amides is 1. The topological polar surface area (TPSA) is 55.1 Å². The third kappa shape index (κ3) is 5.50. The van der Waals surface area contributed by atoms with Gasteiger partial charge in [-0.3, -0.25) is 4.79 Å². The summed E-state index contributed by atoms with van der Waals surface area (Å²) in [7, 11) is 0. The van der Waals surface area contributed by atoms with Crippen LogP contribution in [0, 0.1) is 5.41 Å². The first-order valence-electron chi connectivity index (χ1n) is 6.61. The van der Waals surface area contributed by atoms with Crippen LogP contribution in [-0.4, -0.2) is 19.0 Å². The molecule has 0 radical (unpaired) electrons. The zero-order chi connectivity index (χ0) is 12.4. The van der Waals surface area contributed by atoms with Gasteiger partial charge in [0.05, 0.1) is 0 Å². The van der Waals surface area contributed by atoms with E-state index in [1.165, 1.54) is 0 Å². The number of unbranched alkanes of at least 4 members (excludes halogenated alkanes) is 2. The van der Waals surface area contributed by atoms with Gasteiger partial charge >= 0.3 is 0 Å². The number of hydrogen-bond donors (Lipinski definition) is 2. The Morgan fingerprint density at radius 3 is 2.25 bits per heavy atom. The van der Waals surface area contributed by atoms with Crippen molar-refractivity contribution in [2.45, 2.75) is 59.3 Å². The van der Waals surface area contributed by atoms with Crippen LogP contribution in [0.5, 0.6) is 0 Å².